The van der Waals surface area contributed by atoms with E-state index in [9.17, 15) is 8.42 Å². The fourth-order valence-corrected chi connectivity index (χ4v) is 4.71. The van der Waals surface area contributed by atoms with E-state index in [1.54, 1.807) is 12.1 Å². The Kier molecular flexibility index (Phi) is 5.29. The van der Waals surface area contributed by atoms with Crippen molar-refractivity contribution in [3.05, 3.63) is 22.7 Å². The number of hydrogen-bond acceptors (Lipinski definition) is 4. The maximum Gasteiger partial charge on any atom is 0.242 e. The molecular weight excluding hydrogens is 354 g/mol. The molecule has 0 saturated carbocycles. The van der Waals surface area contributed by atoms with Gasteiger partial charge in [-0.1, -0.05) is 6.92 Å². The minimum absolute atomic E-state index is 0.0707. The molecule has 7 heteroatoms. The minimum Gasteiger partial charge on any atom is -0.378 e. The summed E-state index contributed by atoms with van der Waals surface area (Å²) in [4.78, 5) is 2.17. The van der Waals surface area contributed by atoms with Gasteiger partial charge >= 0.3 is 0 Å². The van der Waals surface area contributed by atoms with Crippen molar-refractivity contribution in [1.82, 2.24) is 10.0 Å². The molecule has 0 amide bonds. The molecule has 1 fully saturated rings. The first kappa shape index (κ1) is 16.7. The van der Waals surface area contributed by atoms with Crippen molar-refractivity contribution in [2.75, 3.05) is 32.1 Å². The van der Waals surface area contributed by atoms with Gasteiger partial charge in [-0.2, -0.15) is 0 Å². The van der Waals surface area contributed by atoms with Crippen LogP contribution in [-0.4, -0.2) is 41.6 Å². The Morgan fingerprint density at radius 1 is 1.38 bits per heavy atom. The lowest BCUT2D eigenvalue weighted by atomic mass is 9.96. The van der Waals surface area contributed by atoms with Gasteiger partial charge in [0, 0.05) is 36.8 Å². The summed E-state index contributed by atoms with van der Waals surface area (Å²) in [5, 5.41) is 3.24. The molecule has 1 aliphatic heterocycles. The molecule has 5 nitrogen and oxygen atoms in total. The van der Waals surface area contributed by atoms with Crippen molar-refractivity contribution < 1.29 is 8.42 Å². The van der Waals surface area contributed by atoms with Gasteiger partial charge in [-0.15, -0.1) is 0 Å². The number of benzene rings is 1. The monoisotopic (exact) mass is 375 g/mol. The van der Waals surface area contributed by atoms with E-state index in [0.717, 1.165) is 18.7 Å². The van der Waals surface area contributed by atoms with Crippen molar-refractivity contribution in [1.29, 1.82) is 0 Å². The molecule has 0 radical (unpaired) electrons. The van der Waals surface area contributed by atoms with Gasteiger partial charge in [-0.25, -0.2) is 13.1 Å². The number of sulfonamides is 1. The number of hydrogen-bond donors (Lipinski definition) is 2. The molecule has 2 N–H and O–H groups in total. The van der Waals surface area contributed by atoms with Crippen LogP contribution < -0.4 is 14.9 Å². The van der Waals surface area contributed by atoms with Gasteiger partial charge < -0.3 is 10.2 Å². The van der Waals surface area contributed by atoms with Crippen LogP contribution in [0.3, 0.4) is 0 Å². The Morgan fingerprint density at radius 2 is 2.10 bits per heavy atom. The zero-order valence-corrected chi connectivity index (χ0v) is 15.0. The van der Waals surface area contributed by atoms with Crippen molar-refractivity contribution in [2.24, 2.45) is 5.92 Å². The molecule has 2 unspecified atom stereocenters. The average Bonchev–Trinajstić information content (AvgIpc) is 2.41. The quantitative estimate of drug-likeness (QED) is 0.841. The van der Waals surface area contributed by atoms with Crippen LogP contribution >= 0.6 is 15.9 Å². The van der Waals surface area contributed by atoms with Crippen LogP contribution in [0.15, 0.2) is 27.6 Å². The third-order valence-electron chi connectivity index (χ3n) is 3.85. The highest BCUT2D eigenvalue weighted by Gasteiger charge is 2.28. The van der Waals surface area contributed by atoms with Gasteiger partial charge in [0.2, 0.25) is 10.0 Å². The van der Waals surface area contributed by atoms with E-state index in [0.29, 0.717) is 16.9 Å². The number of nitrogens with one attached hydrogen (secondary N) is 2. The molecular formula is C14H22BrN3O2S. The topological polar surface area (TPSA) is 61.4 Å². The van der Waals surface area contributed by atoms with Crippen LogP contribution in [0, 0.1) is 5.92 Å². The third kappa shape index (κ3) is 3.97. The first-order chi connectivity index (χ1) is 9.81. The van der Waals surface area contributed by atoms with Gasteiger partial charge in [0.1, 0.15) is 0 Å². The van der Waals surface area contributed by atoms with Crippen LogP contribution in [0.4, 0.5) is 5.69 Å². The van der Waals surface area contributed by atoms with E-state index in [1.165, 1.54) is 0 Å². The van der Waals surface area contributed by atoms with Crippen LogP contribution in [0.5, 0.6) is 0 Å². The third-order valence-corrected chi connectivity index (χ3v) is 6.34. The summed E-state index contributed by atoms with van der Waals surface area (Å²) < 4.78 is 28.7. The fourth-order valence-electron chi connectivity index (χ4n) is 2.39. The van der Waals surface area contributed by atoms with Gasteiger partial charge in [0.05, 0.1) is 4.90 Å². The van der Waals surface area contributed by atoms with Gasteiger partial charge in [0.15, 0.2) is 0 Å². The minimum atomic E-state index is -3.54. The zero-order valence-electron chi connectivity index (χ0n) is 12.6. The molecule has 2 atom stereocenters. The summed E-state index contributed by atoms with van der Waals surface area (Å²) in [6, 6.07) is 5.27. The molecule has 2 rings (SSSR count). The van der Waals surface area contributed by atoms with E-state index in [-0.39, 0.29) is 10.9 Å². The van der Waals surface area contributed by atoms with Crippen LogP contribution in [0.25, 0.3) is 0 Å². The lowest BCUT2D eigenvalue weighted by Gasteiger charge is -2.30. The highest BCUT2D eigenvalue weighted by molar-refractivity contribution is 9.10. The molecule has 1 aliphatic rings. The maximum atomic E-state index is 12.7. The van der Waals surface area contributed by atoms with Crippen LogP contribution in [-0.2, 0) is 10.0 Å². The molecule has 1 heterocycles. The second kappa shape index (κ2) is 6.64. The Morgan fingerprint density at radius 3 is 2.71 bits per heavy atom. The van der Waals surface area contributed by atoms with Gasteiger partial charge in [-0.3, -0.25) is 0 Å². The summed E-state index contributed by atoms with van der Waals surface area (Å²) in [7, 11) is 0.235. The molecule has 118 valence electrons. The molecule has 0 aliphatic carbocycles. The summed E-state index contributed by atoms with van der Waals surface area (Å²) in [6.45, 7) is 3.70. The van der Waals surface area contributed by atoms with Crippen molar-refractivity contribution in [2.45, 2.75) is 24.3 Å². The first-order valence-electron chi connectivity index (χ1n) is 7.01. The zero-order chi connectivity index (χ0) is 15.6. The highest BCUT2D eigenvalue weighted by Crippen LogP contribution is 2.27. The van der Waals surface area contributed by atoms with Crippen molar-refractivity contribution in [3.63, 3.8) is 0 Å². The first-order valence-corrected chi connectivity index (χ1v) is 9.29. The second-order valence-electron chi connectivity index (χ2n) is 5.71. The predicted octanol–water partition coefficient (Wildman–Crippen LogP) is 1.79. The SMILES string of the molecule is CC1CCNCC1NS(=O)(=O)c1cc(N(C)C)ccc1Br. The Bertz CT molecular complexity index is 604. The lowest BCUT2D eigenvalue weighted by molar-refractivity contribution is 0.327. The number of halogens is 1. The van der Waals surface area contributed by atoms with E-state index < -0.39 is 10.0 Å². The van der Waals surface area contributed by atoms with Crippen LogP contribution in [0.2, 0.25) is 0 Å². The Balaban J connectivity index is 2.28. The number of rotatable bonds is 4. The molecule has 0 bridgehead atoms. The largest absolute Gasteiger partial charge is 0.378 e. The van der Waals surface area contributed by atoms with Gasteiger partial charge in [-0.05, 0) is 53.0 Å². The van der Waals surface area contributed by atoms with Crippen molar-refractivity contribution >= 4 is 31.6 Å². The van der Waals surface area contributed by atoms with E-state index in [2.05, 4.69) is 32.9 Å². The van der Waals surface area contributed by atoms with Crippen LogP contribution in [0.1, 0.15) is 13.3 Å². The number of anilines is 1. The number of nitrogens with zero attached hydrogens (tertiary/aromatic N) is 1. The lowest BCUT2D eigenvalue weighted by Crippen LogP contribution is -2.50. The summed E-state index contributed by atoms with van der Waals surface area (Å²) in [5.74, 6) is 0.330. The molecule has 1 aromatic carbocycles. The Labute approximate surface area is 135 Å². The summed E-state index contributed by atoms with van der Waals surface area (Å²) in [6.07, 6.45) is 0.978. The van der Waals surface area contributed by atoms with E-state index >= 15 is 0 Å². The molecule has 0 aromatic heterocycles. The Hall–Kier alpha value is -0.630. The second-order valence-corrected chi connectivity index (χ2v) is 8.24. The number of piperidine rings is 1. The predicted molar refractivity (Wildman–Crippen MR) is 89.2 cm³/mol. The van der Waals surface area contributed by atoms with Gasteiger partial charge in [0.25, 0.3) is 0 Å². The average molecular weight is 376 g/mol. The van der Waals surface area contributed by atoms with E-state index in [4.69, 9.17) is 0 Å². The van der Waals surface area contributed by atoms with Crippen molar-refractivity contribution in [3.8, 4) is 0 Å². The summed E-state index contributed by atoms with van der Waals surface area (Å²) in [5.41, 5.74) is 0.855. The molecule has 21 heavy (non-hydrogen) atoms. The maximum absolute atomic E-state index is 12.7. The molecule has 0 spiro atoms. The highest BCUT2D eigenvalue weighted by atomic mass is 79.9. The smallest absolute Gasteiger partial charge is 0.242 e. The molecule has 1 aromatic rings. The molecule has 1 saturated heterocycles. The standard InChI is InChI=1S/C14H22BrN3O2S/c1-10-6-7-16-9-13(10)17-21(19,20)14-8-11(18(2)3)4-5-12(14)15/h4-5,8,10,13,16-17H,6-7,9H2,1-3H3. The normalized spacial score (nSPS) is 23.0. The van der Waals surface area contributed by atoms with E-state index in [1.807, 2.05) is 25.1 Å². The summed E-state index contributed by atoms with van der Waals surface area (Å²) >= 11 is 3.34. The fraction of sp³-hybridized carbons (Fsp3) is 0.571.